The fourth-order valence-corrected chi connectivity index (χ4v) is 3.63. The monoisotopic (exact) mass is 380 g/mol. The molecule has 0 atom stereocenters. The molecule has 1 aromatic heterocycles. The van der Waals surface area contributed by atoms with E-state index < -0.39 is 0 Å². The molecule has 2 heterocycles. The zero-order chi connectivity index (χ0) is 18.8. The number of amides is 1. The summed E-state index contributed by atoms with van der Waals surface area (Å²) in [6.07, 6.45) is 3.73. The Morgan fingerprint density at radius 1 is 1.04 bits per heavy atom. The molecule has 1 aliphatic heterocycles. The summed E-state index contributed by atoms with van der Waals surface area (Å²) in [5, 5.41) is 0.695. The van der Waals surface area contributed by atoms with Crippen molar-refractivity contribution in [1.82, 2.24) is 14.5 Å². The van der Waals surface area contributed by atoms with Crippen LogP contribution in [-0.2, 0) is 0 Å². The number of imidazole rings is 1. The summed E-state index contributed by atoms with van der Waals surface area (Å²) in [5.74, 6) is 0.978. The van der Waals surface area contributed by atoms with Gasteiger partial charge in [-0.25, -0.2) is 4.98 Å². The van der Waals surface area contributed by atoms with Gasteiger partial charge in [-0.15, -0.1) is 0 Å². The number of hydrogen-bond donors (Lipinski definition) is 0. The van der Waals surface area contributed by atoms with Gasteiger partial charge in [-0.3, -0.25) is 9.36 Å². The minimum absolute atomic E-state index is 0.103. The lowest BCUT2D eigenvalue weighted by Gasteiger charge is -2.35. The minimum atomic E-state index is 0.103. The van der Waals surface area contributed by atoms with Crippen molar-refractivity contribution < 1.29 is 4.79 Å². The molecule has 1 saturated heterocycles. The molecule has 0 saturated carbocycles. The van der Waals surface area contributed by atoms with Crippen molar-refractivity contribution in [2.45, 2.75) is 6.92 Å². The molecule has 2 aromatic carbocycles. The summed E-state index contributed by atoms with van der Waals surface area (Å²) in [4.78, 5) is 21.5. The normalized spacial score (nSPS) is 14.4. The van der Waals surface area contributed by atoms with E-state index in [1.54, 1.807) is 6.20 Å². The average molecular weight is 381 g/mol. The van der Waals surface area contributed by atoms with Gasteiger partial charge in [0.2, 0.25) is 5.95 Å². The molecule has 1 amide bonds. The Bertz CT molecular complexity index is 960. The maximum absolute atomic E-state index is 12.8. The van der Waals surface area contributed by atoms with E-state index in [1.807, 2.05) is 71.1 Å². The number of aromatic nitrogens is 2. The molecule has 5 nitrogen and oxygen atoms in total. The van der Waals surface area contributed by atoms with Gasteiger partial charge in [-0.2, -0.15) is 0 Å². The second-order valence-corrected chi connectivity index (χ2v) is 7.11. The first kappa shape index (κ1) is 17.6. The van der Waals surface area contributed by atoms with Crippen LogP contribution in [0.1, 0.15) is 15.9 Å². The highest BCUT2D eigenvalue weighted by Crippen LogP contribution is 2.22. The van der Waals surface area contributed by atoms with E-state index in [9.17, 15) is 4.79 Å². The standard InChI is InChI=1S/C21H21ClN4O/c1-16-5-2-3-8-19(16)20(27)24-11-13-25(14-12-24)21-23-9-10-26(21)18-7-4-6-17(22)15-18/h2-10,15H,11-14H2,1H3. The van der Waals surface area contributed by atoms with E-state index in [-0.39, 0.29) is 5.91 Å². The zero-order valence-electron chi connectivity index (χ0n) is 15.2. The van der Waals surface area contributed by atoms with Crippen LogP contribution in [0.5, 0.6) is 0 Å². The first-order chi connectivity index (χ1) is 13.1. The second kappa shape index (κ2) is 7.45. The SMILES string of the molecule is Cc1ccccc1C(=O)N1CCN(c2nccn2-c2cccc(Cl)c2)CC1. The Morgan fingerprint density at radius 2 is 1.81 bits per heavy atom. The van der Waals surface area contributed by atoms with Gasteiger partial charge >= 0.3 is 0 Å². The zero-order valence-corrected chi connectivity index (χ0v) is 15.9. The molecular weight excluding hydrogens is 360 g/mol. The Hall–Kier alpha value is -2.79. The predicted octanol–water partition coefficient (Wildman–Crippen LogP) is 3.80. The van der Waals surface area contributed by atoms with Crippen molar-refractivity contribution in [2.75, 3.05) is 31.1 Å². The maximum atomic E-state index is 12.8. The van der Waals surface area contributed by atoms with E-state index in [1.165, 1.54) is 0 Å². The van der Waals surface area contributed by atoms with Crippen LogP contribution in [0.4, 0.5) is 5.95 Å². The van der Waals surface area contributed by atoms with E-state index >= 15 is 0 Å². The number of hydrogen-bond acceptors (Lipinski definition) is 3. The van der Waals surface area contributed by atoms with Gasteiger partial charge in [0.25, 0.3) is 5.91 Å². The molecule has 27 heavy (non-hydrogen) atoms. The van der Waals surface area contributed by atoms with Gasteiger partial charge in [0.05, 0.1) is 0 Å². The number of aryl methyl sites for hydroxylation is 1. The quantitative estimate of drug-likeness (QED) is 0.694. The molecule has 1 aliphatic rings. The molecule has 4 rings (SSSR count). The first-order valence-electron chi connectivity index (χ1n) is 9.02. The minimum Gasteiger partial charge on any atom is -0.338 e. The number of halogens is 1. The number of carbonyl (C=O) groups excluding carboxylic acids is 1. The molecule has 138 valence electrons. The van der Waals surface area contributed by atoms with Crippen LogP contribution in [0.3, 0.4) is 0 Å². The molecule has 0 bridgehead atoms. The van der Waals surface area contributed by atoms with Crippen LogP contribution in [0, 0.1) is 6.92 Å². The Balaban J connectivity index is 1.49. The molecule has 0 unspecified atom stereocenters. The van der Waals surface area contributed by atoms with E-state index in [4.69, 9.17) is 11.6 Å². The van der Waals surface area contributed by atoms with E-state index in [0.29, 0.717) is 18.1 Å². The van der Waals surface area contributed by atoms with Crippen LogP contribution in [0.15, 0.2) is 60.9 Å². The summed E-state index contributed by atoms with van der Waals surface area (Å²) in [7, 11) is 0. The van der Waals surface area contributed by atoms with Gasteiger partial charge in [-0.1, -0.05) is 35.9 Å². The largest absolute Gasteiger partial charge is 0.338 e. The summed E-state index contributed by atoms with van der Waals surface area (Å²) in [5.41, 5.74) is 2.78. The summed E-state index contributed by atoms with van der Waals surface area (Å²) < 4.78 is 2.03. The van der Waals surface area contributed by atoms with Crippen LogP contribution < -0.4 is 4.90 Å². The molecule has 1 fully saturated rings. The highest BCUT2D eigenvalue weighted by Gasteiger charge is 2.25. The molecule has 0 aliphatic carbocycles. The van der Waals surface area contributed by atoms with Gasteiger partial charge in [-0.05, 0) is 36.8 Å². The average Bonchev–Trinajstić information content (AvgIpc) is 3.18. The summed E-state index contributed by atoms with van der Waals surface area (Å²) in [6.45, 7) is 4.82. The van der Waals surface area contributed by atoms with Crippen LogP contribution in [-0.4, -0.2) is 46.5 Å². The van der Waals surface area contributed by atoms with Crippen LogP contribution in [0.2, 0.25) is 5.02 Å². The number of carbonyl (C=O) groups is 1. The highest BCUT2D eigenvalue weighted by atomic mass is 35.5. The third-order valence-corrected chi connectivity index (χ3v) is 5.17. The van der Waals surface area contributed by atoms with E-state index in [2.05, 4.69) is 9.88 Å². The number of benzene rings is 2. The third kappa shape index (κ3) is 3.55. The van der Waals surface area contributed by atoms with Crippen molar-refractivity contribution in [1.29, 1.82) is 0 Å². The molecule has 3 aromatic rings. The number of anilines is 1. The topological polar surface area (TPSA) is 41.4 Å². The smallest absolute Gasteiger partial charge is 0.254 e. The van der Waals surface area contributed by atoms with Crippen LogP contribution >= 0.6 is 11.6 Å². The maximum Gasteiger partial charge on any atom is 0.254 e. The third-order valence-electron chi connectivity index (χ3n) is 4.93. The van der Waals surface area contributed by atoms with Gasteiger partial charge in [0, 0.05) is 54.8 Å². The summed E-state index contributed by atoms with van der Waals surface area (Å²) >= 11 is 6.13. The van der Waals surface area contributed by atoms with E-state index in [0.717, 1.165) is 35.9 Å². The lowest BCUT2D eigenvalue weighted by atomic mass is 10.1. The molecular formula is C21H21ClN4O. The molecule has 0 radical (unpaired) electrons. The van der Waals surface area contributed by atoms with Crippen molar-refractivity contribution in [3.63, 3.8) is 0 Å². The Morgan fingerprint density at radius 3 is 2.56 bits per heavy atom. The predicted molar refractivity (Wildman–Crippen MR) is 108 cm³/mol. The summed E-state index contributed by atoms with van der Waals surface area (Å²) in [6, 6.07) is 15.5. The van der Waals surface area contributed by atoms with Crippen molar-refractivity contribution in [2.24, 2.45) is 0 Å². The number of nitrogens with zero attached hydrogens (tertiary/aromatic N) is 4. The van der Waals surface area contributed by atoms with Crippen LogP contribution in [0.25, 0.3) is 5.69 Å². The second-order valence-electron chi connectivity index (χ2n) is 6.67. The van der Waals surface area contributed by atoms with Crippen molar-refractivity contribution in [3.8, 4) is 5.69 Å². The lowest BCUT2D eigenvalue weighted by molar-refractivity contribution is 0.0745. The molecule has 0 spiro atoms. The van der Waals surface area contributed by atoms with Gasteiger partial charge in [0.1, 0.15) is 0 Å². The van der Waals surface area contributed by atoms with Gasteiger partial charge < -0.3 is 9.80 Å². The van der Waals surface area contributed by atoms with Crippen molar-refractivity contribution in [3.05, 3.63) is 77.1 Å². The van der Waals surface area contributed by atoms with Crippen molar-refractivity contribution >= 4 is 23.5 Å². The molecule has 6 heteroatoms. The van der Waals surface area contributed by atoms with Gasteiger partial charge in [0.15, 0.2) is 0 Å². The Labute approximate surface area is 163 Å². The fourth-order valence-electron chi connectivity index (χ4n) is 3.45. The number of piperazine rings is 1. The number of rotatable bonds is 3. The Kier molecular flexibility index (Phi) is 4.86. The lowest BCUT2D eigenvalue weighted by Crippen LogP contribution is -2.49. The fraction of sp³-hybridized carbons (Fsp3) is 0.238. The highest BCUT2D eigenvalue weighted by molar-refractivity contribution is 6.30. The molecule has 0 N–H and O–H groups in total. The first-order valence-corrected chi connectivity index (χ1v) is 9.40.